The highest BCUT2D eigenvalue weighted by atomic mass is 16.4. The lowest BCUT2D eigenvalue weighted by molar-refractivity contribution is -0.142. The van der Waals surface area contributed by atoms with Crippen molar-refractivity contribution in [3.8, 4) is 0 Å². The Kier molecular flexibility index (Phi) is 5.71. The third-order valence-electron chi connectivity index (χ3n) is 3.04. The summed E-state index contributed by atoms with van der Waals surface area (Å²) in [4.78, 5) is 36.2. The average molecular weight is 273 g/mol. The van der Waals surface area contributed by atoms with Crippen molar-refractivity contribution < 1.29 is 24.6 Å². The zero-order valence-electron chi connectivity index (χ0n) is 10.6. The molecule has 0 radical (unpaired) electrons. The topological polar surface area (TPSA) is 124 Å². The number of piperazine rings is 1. The van der Waals surface area contributed by atoms with E-state index >= 15 is 0 Å². The van der Waals surface area contributed by atoms with Gasteiger partial charge in [-0.3, -0.25) is 19.3 Å². The van der Waals surface area contributed by atoms with Gasteiger partial charge in [0.2, 0.25) is 5.91 Å². The Balaban J connectivity index is 2.34. The molecule has 8 nitrogen and oxygen atoms in total. The van der Waals surface area contributed by atoms with E-state index in [9.17, 15) is 14.4 Å². The number of rotatable bonds is 6. The molecule has 1 rings (SSSR count). The highest BCUT2D eigenvalue weighted by molar-refractivity contribution is 5.86. The van der Waals surface area contributed by atoms with Gasteiger partial charge >= 0.3 is 11.9 Å². The van der Waals surface area contributed by atoms with E-state index in [4.69, 9.17) is 15.9 Å². The van der Waals surface area contributed by atoms with Crippen LogP contribution < -0.4 is 5.73 Å². The molecule has 4 N–H and O–H groups in total. The minimum absolute atomic E-state index is 0.0759. The highest BCUT2D eigenvalue weighted by Crippen LogP contribution is 2.05. The number of carboxylic acids is 2. The van der Waals surface area contributed by atoms with E-state index in [1.54, 1.807) is 0 Å². The van der Waals surface area contributed by atoms with Gasteiger partial charge in [0.25, 0.3) is 0 Å². The van der Waals surface area contributed by atoms with E-state index in [2.05, 4.69) is 0 Å². The fraction of sp³-hybridized carbons (Fsp3) is 0.727. The average Bonchev–Trinajstić information content (AvgIpc) is 2.35. The summed E-state index contributed by atoms with van der Waals surface area (Å²) in [6, 6.07) is -1.01. The quantitative estimate of drug-likeness (QED) is 0.532. The van der Waals surface area contributed by atoms with Crippen LogP contribution in [-0.2, 0) is 14.4 Å². The number of nitrogens with zero attached hydrogens (tertiary/aromatic N) is 2. The summed E-state index contributed by atoms with van der Waals surface area (Å²) >= 11 is 0. The van der Waals surface area contributed by atoms with Crippen LogP contribution in [0.2, 0.25) is 0 Å². The minimum Gasteiger partial charge on any atom is -0.481 e. The molecule has 0 aromatic carbocycles. The molecular weight excluding hydrogens is 254 g/mol. The molecule has 0 saturated carbocycles. The summed E-state index contributed by atoms with van der Waals surface area (Å²) in [5.41, 5.74) is 5.52. The number of hydrogen-bond donors (Lipinski definition) is 3. The second-order valence-electron chi connectivity index (χ2n) is 4.52. The molecule has 0 aromatic heterocycles. The lowest BCUT2D eigenvalue weighted by Gasteiger charge is -2.35. The first-order valence-corrected chi connectivity index (χ1v) is 6.10. The van der Waals surface area contributed by atoms with Gasteiger partial charge in [-0.15, -0.1) is 0 Å². The Morgan fingerprint density at radius 1 is 1.05 bits per heavy atom. The molecule has 1 aliphatic heterocycles. The Morgan fingerprint density at radius 3 is 2.11 bits per heavy atom. The van der Waals surface area contributed by atoms with E-state index in [1.807, 2.05) is 4.90 Å². The smallest absolute Gasteiger partial charge is 0.305 e. The molecule has 0 spiro atoms. The number of hydrogen-bond acceptors (Lipinski definition) is 5. The molecule has 8 heteroatoms. The first-order valence-electron chi connectivity index (χ1n) is 6.10. The normalized spacial score (nSPS) is 18.1. The van der Waals surface area contributed by atoms with Gasteiger partial charge in [0.15, 0.2) is 0 Å². The number of carbonyl (C=O) groups excluding carboxylic acids is 1. The van der Waals surface area contributed by atoms with Crippen molar-refractivity contribution in [2.24, 2.45) is 5.73 Å². The lowest BCUT2D eigenvalue weighted by Crippen LogP contribution is -2.53. The summed E-state index contributed by atoms with van der Waals surface area (Å²) in [5.74, 6) is -2.30. The number of carbonyl (C=O) groups is 3. The van der Waals surface area contributed by atoms with Crippen molar-refractivity contribution in [3.63, 3.8) is 0 Å². The maximum atomic E-state index is 11.8. The van der Waals surface area contributed by atoms with Crippen LogP contribution in [0.5, 0.6) is 0 Å². The third kappa shape index (κ3) is 5.23. The van der Waals surface area contributed by atoms with Gasteiger partial charge in [-0.05, 0) is 0 Å². The molecular formula is C11H19N3O5. The number of aliphatic carboxylic acids is 2. The first kappa shape index (κ1) is 15.4. The molecule has 1 saturated heterocycles. The summed E-state index contributed by atoms with van der Waals surface area (Å²) in [7, 11) is 0. The molecule has 0 aliphatic carbocycles. The van der Waals surface area contributed by atoms with Crippen LogP contribution in [-0.4, -0.2) is 76.6 Å². The van der Waals surface area contributed by atoms with Crippen LogP contribution in [0.3, 0.4) is 0 Å². The fourth-order valence-corrected chi connectivity index (χ4v) is 1.96. The maximum Gasteiger partial charge on any atom is 0.305 e. The second-order valence-corrected chi connectivity index (χ2v) is 4.52. The molecule has 1 atom stereocenters. The molecule has 19 heavy (non-hydrogen) atoms. The van der Waals surface area contributed by atoms with Gasteiger partial charge in [0.1, 0.15) is 0 Å². The summed E-state index contributed by atoms with van der Waals surface area (Å²) in [6.45, 7) is 2.52. The Labute approximate surface area is 110 Å². The van der Waals surface area contributed by atoms with Gasteiger partial charge in [-0.25, -0.2) is 0 Å². The van der Waals surface area contributed by atoms with E-state index in [0.717, 1.165) is 0 Å². The molecule has 1 fully saturated rings. The highest BCUT2D eigenvalue weighted by Gasteiger charge is 2.26. The predicted molar refractivity (Wildman–Crippen MR) is 65.5 cm³/mol. The molecule has 0 aromatic rings. The number of amides is 1. The van der Waals surface area contributed by atoms with E-state index in [1.165, 1.54) is 4.90 Å². The van der Waals surface area contributed by atoms with Crippen molar-refractivity contribution in [2.45, 2.75) is 18.9 Å². The minimum atomic E-state index is -1.10. The third-order valence-corrected chi connectivity index (χ3v) is 3.04. The van der Waals surface area contributed by atoms with Gasteiger partial charge < -0.3 is 20.8 Å². The fourth-order valence-electron chi connectivity index (χ4n) is 1.96. The Hall–Kier alpha value is -1.67. The van der Waals surface area contributed by atoms with E-state index in [0.29, 0.717) is 32.7 Å². The molecule has 1 aliphatic rings. The van der Waals surface area contributed by atoms with Crippen LogP contribution in [0.25, 0.3) is 0 Å². The molecule has 0 bridgehead atoms. The maximum absolute atomic E-state index is 11.8. The molecule has 108 valence electrons. The number of carboxylic acid groups (broad SMARTS) is 2. The number of nitrogens with two attached hydrogens (primary N) is 1. The van der Waals surface area contributed by atoms with Gasteiger partial charge in [0.05, 0.1) is 18.9 Å². The zero-order valence-corrected chi connectivity index (χ0v) is 10.6. The summed E-state index contributed by atoms with van der Waals surface area (Å²) in [6.07, 6.45) is -0.301. The van der Waals surface area contributed by atoms with Crippen LogP contribution in [0, 0.1) is 0 Å². The largest absolute Gasteiger partial charge is 0.481 e. The van der Waals surface area contributed by atoms with E-state index in [-0.39, 0.29) is 18.7 Å². The van der Waals surface area contributed by atoms with Crippen molar-refractivity contribution in [2.75, 3.05) is 32.7 Å². The molecule has 1 unspecified atom stereocenters. The standard InChI is InChI=1S/C11H19N3O5/c12-8(7-10(17)18)11(19)14-5-3-13(4-6-14)2-1-9(15)16/h8H,1-7,12H2,(H,15,16)(H,17,18). The molecule has 1 amide bonds. The first-order chi connectivity index (χ1) is 8.90. The lowest BCUT2D eigenvalue weighted by atomic mass is 10.1. The molecule has 1 heterocycles. The van der Waals surface area contributed by atoms with Crippen molar-refractivity contribution in [1.29, 1.82) is 0 Å². The van der Waals surface area contributed by atoms with Crippen molar-refractivity contribution in [1.82, 2.24) is 9.80 Å². The van der Waals surface area contributed by atoms with Crippen LogP contribution in [0.4, 0.5) is 0 Å². The van der Waals surface area contributed by atoms with Crippen molar-refractivity contribution >= 4 is 17.8 Å². The van der Waals surface area contributed by atoms with Crippen LogP contribution in [0.15, 0.2) is 0 Å². The van der Waals surface area contributed by atoms with Gasteiger partial charge in [-0.2, -0.15) is 0 Å². The monoisotopic (exact) mass is 273 g/mol. The predicted octanol–water partition coefficient (Wildman–Crippen LogP) is -1.59. The Morgan fingerprint density at radius 2 is 1.63 bits per heavy atom. The van der Waals surface area contributed by atoms with Crippen LogP contribution >= 0.6 is 0 Å². The Bertz CT molecular complexity index is 352. The van der Waals surface area contributed by atoms with Crippen LogP contribution in [0.1, 0.15) is 12.8 Å². The van der Waals surface area contributed by atoms with Crippen molar-refractivity contribution in [3.05, 3.63) is 0 Å². The van der Waals surface area contributed by atoms with Gasteiger partial charge in [0, 0.05) is 32.7 Å². The SMILES string of the molecule is NC(CC(=O)O)C(=O)N1CCN(CCC(=O)O)CC1. The van der Waals surface area contributed by atoms with E-state index < -0.39 is 18.0 Å². The zero-order chi connectivity index (χ0) is 14.4. The van der Waals surface area contributed by atoms with Gasteiger partial charge in [-0.1, -0.05) is 0 Å². The summed E-state index contributed by atoms with van der Waals surface area (Å²) in [5, 5.41) is 17.2. The second kappa shape index (κ2) is 7.05. The summed E-state index contributed by atoms with van der Waals surface area (Å²) < 4.78 is 0.